The molecule has 0 heterocycles. The molecule has 0 aliphatic heterocycles. The number of anilines is 2. The number of fused-ring (bicyclic) bond motifs is 7. The van der Waals surface area contributed by atoms with Crippen molar-refractivity contribution in [2.75, 3.05) is 4.90 Å². The van der Waals surface area contributed by atoms with Gasteiger partial charge in [0.1, 0.15) is 0 Å². The molecule has 4 aliphatic rings. The van der Waals surface area contributed by atoms with E-state index < -0.39 is 0 Å². The van der Waals surface area contributed by atoms with Crippen LogP contribution >= 0.6 is 0 Å². The molecule has 55 heavy (non-hydrogen) atoms. The Morgan fingerprint density at radius 1 is 0.673 bits per heavy atom. The van der Waals surface area contributed by atoms with Crippen LogP contribution in [0.2, 0.25) is 0 Å². The molecular formula is C54H49N. The number of benzene rings is 5. The normalized spacial score (nSPS) is 19.6. The van der Waals surface area contributed by atoms with E-state index in [1.165, 1.54) is 83.9 Å². The van der Waals surface area contributed by atoms with Gasteiger partial charge in [-0.1, -0.05) is 173 Å². The predicted molar refractivity (Wildman–Crippen MR) is 236 cm³/mol. The second-order valence-corrected chi connectivity index (χ2v) is 16.0. The van der Waals surface area contributed by atoms with Crippen LogP contribution in [-0.4, -0.2) is 0 Å². The summed E-state index contributed by atoms with van der Waals surface area (Å²) in [6.45, 7) is 9.27. The first-order chi connectivity index (χ1) is 26.9. The minimum Gasteiger partial charge on any atom is -0.314 e. The van der Waals surface area contributed by atoms with Crippen molar-refractivity contribution < 1.29 is 0 Å². The second kappa shape index (κ2) is 14.4. The van der Waals surface area contributed by atoms with Gasteiger partial charge in [0.05, 0.1) is 5.69 Å². The van der Waals surface area contributed by atoms with E-state index in [0.717, 1.165) is 19.3 Å². The maximum absolute atomic E-state index is 2.57. The first-order valence-corrected chi connectivity index (χ1v) is 20.0. The van der Waals surface area contributed by atoms with Crippen molar-refractivity contribution in [2.24, 2.45) is 11.8 Å². The van der Waals surface area contributed by atoms with Crippen molar-refractivity contribution in [1.29, 1.82) is 0 Å². The van der Waals surface area contributed by atoms with Crippen LogP contribution in [0, 0.1) is 11.8 Å². The third-order valence-electron chi connectivity index (χ3n) is 12.2. The Bertz CT molecular complexity index is 2510. The average molecular weight is 712 g/mol. The van der Waals surface area contributed by atoms with Gasteiger partial charge in [0.2, 0.25) is 0 Å². The van der Waals surface area contributed by atoms with Crippen molar-refractivity contribution in [3.05, 3.63) is 210 Å². The number of allylic oxidation sites excluding steroid dienone is 14. The quantitative estimate of drug-likeness (QED) is 0.175. The molecule has 0 amide bonds. The zero-order chi connectivity index (χ0) is 37.5. The predicted octanol–water partition coefficient (Wildman–Crippen LogP) is 14.7. The van der Waals surface area contributed by atoms with Crippen molar-refractivity contribution in [2.45, 2.75) is 52.4 Å². The molecule has 0 saturated heterocycles. The Morgan fingerprint density at radius 3 is 2.13 bits per heavy atom. The summed E-state index contributed by atoms with van der Waals surface area (Å²) in [4.78, 5) is 2.57. The molecule has 0 fully saturated rings. The van der Waals surface area contributed by atoms with Gasteiger partial charge in [-0.25, -0.2) is 0 Å². The molecule has 5 aromatic carbocycles. The minimum atomic E-state index is -0.0733. The highest BCUT2D eigenvalue weighted by molar-refractivity contribution is 5.94. The summed E-state index contributed by atoms with van der Waals surface area (Å²) in [7, 11) is 0. The Labute approximate surface area is 327 Å². The molecule has 5 aromatic rings. The molecule has 0 bridgehead atoms. The fourth-order valence-corrected chi connectivity index (χ4v) is 9.58. The van der Waals surface area contributed by atoms with Crippen molar-refractivity contribution in [3.8, 4) is 22.3 Å². The number of para-hydroxylation sites is 1. The maximum atomic E-state index is 2.57. The van der Waals surface area contributed by atoms with Gasteiger partial charge < -0.3 is 4.90 Å². The fraction of sp³-hybridized carbons (Fsp3) is 0.185. The fourth-order valence-electron chi connectivity index (χ4n) is 9.58. The number of hydrogen-bond acceptors (Lipinski definition) is 1. The third kappa shape index (κ3) is 6.22. The van der Waals surface area contributed by atoms with Gasteiger partial charge in [-0.15, -0.1) is 0 Å². The second-order valence-electron chi connectivity index (χ2n) is 16.0. The molecule has 9 rings (SSSR count). The van der Waals surface area contributed by atoms with E-state index in [2.05, 4.69) is 209 Å². The maximum Gasteiger partial charge on any atom is 0.0536 e. The van der Waals surface area contributed by atoms with Crippen LogP contribution in [0.3, 0.4) is 0 Å². The van der Waals surface area contributed by atoms with Gasteiger partial charge in [0, 0.05) is 22.4 Å². The summed E-state index contributed by atoms with van der Waals surface area (Å²) < 4.78 is 0. The Balaban J connectivity index is 1.25. The zero-order valence-corrected chi connectivity index (χ0v) is 32.5. The molecule has 2 atom stereocenters. The van der Waals surface area contributed by atoms with E-state index in [1.807, 2.05) is 0 Å². The average Bonchev–Trinajstić information content (AvgIpc) is 3.43. The third-order valence-corrected chi connectivity index (χ3v) is 12.2. The molecule has 270 valence electrons. The van der Waals surface area contributed by atoms with E-state index in [1.54, 1.807) is 0 Å². The van der Waals surface area contributed by atoms with Crippen LogP contribution in [0.1, 0.15) is 69.2 Å². The van der Waals surface area contributed by atoms with Crippen molar-refractivity contribution in [1.82, 2.24) is 0 Å². The van der Waals surface area contributed by atoms with Crippen LogP contribution in [0.4, 0.5) is 11.4 Å². The Hall–Kier alpha value is -5.92. The zero-order valence-electron chi connectivity index (χ0n) is 32.5. The summed E-state index contributed by atoms with van der Waals surface area (Å²) in [5.74, 6) is 0.636. The van der Waals surface area contributed by atoms with E-state index in [0.29, 0.717) is 11.8 Å². The molecule has 1 nitrogen and oxygen atoms in total. The van der Waals surface area contributed by atoms with Crippen LogP contribution in [0.5, 0.6) is 0 Å². The van der Waals surface area contributed by atoms with Gasteiger partial charge in [-0.3, -0.25) is 0 Å². The molecular weight excluding hydrogens is 663 g/mol. The van der Waals surface area contributed by atoms with E-state index in [-0.39, 0.29) is 5.41 Å². The van der Waals surface area contributed by atoms with E-state index in [9.17, 15) is 0 Å². The highest BCUT2D eigenvalue weighted by Crippen LogP contribution is 2.50. The van der Waals surface area contributed by atoms with E-state index in [4.69, 9.17) is 0 Å². The lowest BCUT2D eigenvalue weighted by molar-refractivity contribution is 0.478. The van der Waals surface area contributed by atoms with E-state index >= 15 is 0 Å². The number of hydrogen-bond donors (Lipinski definition) is 0. The molecule has 0 aromatic heterocycles. The summed E-state index contributed by atoms with van der Waals surface area (Å²) in [6.07, 6.45) is 24.2. The lowest BCUT2D eigenvalue weighted by Crippen LogP contribution is -2.20. The van der Waals surface area contributed by atoms with Crippen LogP contribution in [-0.2, 0) is 5.41 Å². The van der Waals surface area contributed by atoms with Gasteiger partial charge in [0.15, 0.2) is 0 Å². The van der Waals surface area contributed by atoms with Gasteiger partial charge in [-0.05, 0) is 124 Å². The van der Waals surface area contributed by atoms with Gasteiger partial charge >= 0.3 is 0 Å². The topological polar surface area (TPSA) is 3.24 Å². The van der Waals surface area contributed by atoms with Crippen molar-refractivity contribution in [3.63, 3.8) is 0 Å². The number of nitrogens with zero attached hydrogens (tertiary/aromatic N) is 1. The van der Waals surface area contributed by atoms with Gasteiger partial charge in [-0.2, -0.15) is 0 Å². The summed E-state index contributed by atoms with van der Waals surface area (Å²) in [5.41, 5.74) is 19.6. The minimum absolute atomic E-state index is 0.0733. The Kier molecular flexibility index (Phi) is 9.11. The molecule has 4 aliphatic carbocycles. The SMILES string of the molecule is C/C=C\C1=CC(C)(C)c2cc(N(C3=CC=C4c5ccccc5-c5ccccc5C5=C(C=CCC=C5)C(C)C4CC3)c3ccccc3-c3ccccc3)ccc21. The number of rotatable bonds is 5. The highest BCUT2D eigenvalue weighted by Gasteiger charge is 2.34. The lowest BCUT2D eigenvalue weighted by atomic mass is 9.76. The molecule has 0 radical (unpaired) electrons. The first-order valence-electron chi connectivity index (χ1n) is 20.0. The first kappa shape index (κ1) is 34.8. The largest absolute Gasteiger partial charge is 0.314 e. The molecule has 0 saturated carbocycles. The van der Waals surface area contributed by atoms with Crippen LogP contribution in [0.25, 0.3) is 39.0 Å². The lowest BCUT2D eigenvalue weighted by Gasteiger charge is -2.32. The smallest absolute Gasteiger partial charge is 0.0536 e. The van der Waals surface area contributed by atoms with Crippen LogP contribution < -0.4 is 4.90 Å². The summed E-state index contributed by atoms with van der Waals surface area (Å²) in [6, 6.07) is 45.2. The summed E-state index contributed by atoms with van der Waals surface area (Å²) in [5, 5.41) is 0. The molecule has 2 unspecified atom stereocenters. The highest BCUT2D eigenvalue weighted by atomic mass is 15.2. The monoisotopic (exact) mass is 711 g/mol. The van der Waals surface area contributed by atoms with Gasteiger partial charge in [0.25, 0.3) is 0 Å². The standard InChI is InChI=1S/C54H49N/c1-5-18-39-36-54(3,4)52-35-41(31-33-44(39)52)55(53-28-17-16-22-45(53)38-19-8-6-9-20-38)40-29-32-43-37(2)42-21-10-7-11-23-46(42)47-24-12-13-25-48(47)49-26-14-15-27-50(49)51(43)34-30-40/h5-6,8-28,30-31,33-37,43H,7,29,32H2,1-4H3/b18-5-. The molecule has 0 spiro atoms. The Morgan fingerprint density at radius 2 is 1.35 bits per heavy atom. The molecule has 1 heteroatoms. The van der Waals surface area contributed by atoms with Crippen molar-refractivity contribution >= 4 is 28.1 Å². The molecule has 0 N–H and O–H groups in total. The van der Waals surface area contributed by atoms with Crippen LogP contribution in [0.15, 0.2) is 187 Å². The summed E-state index contributed by atoms with van der Waals surface area (Å²) >= 11 is 0.